The largest absolute Gasteiger partial charge is 0.481 e. The van der Waals surface area contributed by atoms with Crippen LogP contribution in [0.2, 0.25) is 0 Å². The van der Waals surface area contributed by atoms with Crippen molar-refractivity contribution in [1.82, 2.24) is 16.0 Å². The Balaban J connectivity index is 2.94. The van der Waals surface area contributed by atoms with Crippen LogP contribution in [0.1, 0.15) is 31.7 Å². The first-order chi connectivity index (χ1) is 15.9. The monoisotopic (exact) mass is 479 g/mol. The summed E-state index contributed by atoms with van der Waals surface area (Å²) in [6.45, 7) is 1.33. The molecule has 13 nitrogen and oxygen atoms in total. The number of nitrogens with one attached hydrogen (secondary N) is 3. The molecule has 34 heavy (non-hydrogen) atoms. The smallest absolute Gasteiger partial charge is 0.326 e. The van der Waals surface area contributed by atoms with Crippen LogP contribution in [0.15, 0.2) is 30.3 Å². The molecule has 0 saturated carbocycles. The van der Waals surface area contributed by atoms with Crippen LogP contribution in [0, 0.1) is 0 Å². The van der Waals surface area contributed by atoms with Crippen molar-refractivity contribution in [3.63, 3.8) is 0 Å². The third kappa shape index (κ3) is 10.1. The van der Waals surface area contributed by atoms with E-state index in [1.807, 2.05) is 0 Å². The van der Waals surface area contributed by atoms with E-state index in [4.69, 9.17) is 16.6 Å². The number of benzene rings is 1. The topological polar surface area (TPSA) is 231 Å². The van der Waals surface area contributed by atoms with Gasteiger partial charge in [-0.15, -0.1) is 0 Å². The highest BCUT2D eigenvalue weighted by Gasteiger charge is 2.29. The highest BCUT2D eigenvalue weighted by molar-refractivity contribution is 5.95. The first-order valence-electron chi connectivity index (χ1n) is 10.3. The minimum Gasteiger partial charge on any atom is -0.481 e. The highest BCUT2D eigenvalue weighted by atomic mass is 16.4. The Morgan fingerprint density at radius 1 is 0.882 bits per heavy atom. The molecule has 1 aromatic carbocycles. The zero-order valence-corrected chi connectivity index (χ0v) is 18.5. The fraction of sp³-hybridized carbons (Fsp3) is 0.429. The van der Waals surface area contributed by atoms with Crippen LogP contribution < -0.4 is 27.4 Å². The predicted octanol–water partition coefficient (Wildman–Crippen LogP) is -2.14. The average Bonchev–Trinajstić information content (AvgIpc) is 2.75. The molecule has 0 aromatic heterocycles. The van der Waals surface area contributed by atoms with Crippen LogP contribution in [0.3, 0.4) is 0 Å². The zero-order valence-electron chi connectivity index (χ0n) is 18.5. The van der Waals surface area contributed by atoms with Gasteiger partial charge in [-0.2, -0.15) is 0 Å². The van der Waals surface area contributed by atoms with Crippen LogP contribution >= 0.6 is 0 Å². The molecule has 1 aromatic rings. The fourth-order valence-electron chi connectivity index (χ4n) is 2.85. The summed E-state index contributed by atoms with van der Waals surface area (Å²) in [5.74, 6) is -5.87. The first-order valence-corrected chi connectivity index (χ1v) is 10.3. The number of rotatable bonds is 14. The molecule has 0 saturated heterocycles. The summed E-state index contributed by atoms with van der Waals surface area (Å²) in [6.07, 6.45) is -1.27. The van der Waals surface area contributed by atoms with Crippen molar-refractivity contribution in [2.24, 2.45) is 11.5 Å². The van der Waals surface area contributed by atoms with Crippen molar-refractivity contribution in [3.05, 3.63) is 35.9 Å². The molecule has 0 aliphatic heterocycles. The molecule has 0 aliphatic rings. The molecule has 13 heteroatoms. The van der Waals surface area contributed by atoms with Crippen molar-refractivity contribution in [2.75, 3.05) is 0 Å². The highest BCUT2D eigenvalue weighted by Crippen LogP contribution is 2.06. The number of aliphatic carboxylic acids is 2. The zero-order chi connectivity index (χ0) is 25.8. The van der Waals surface area contributed by atoms with Crippen LogP contribution in [0.25, 0.3) is 0 Å². The molecule has 0 aliphatic carbocycles. The van der Waals surface area contributed by atoms with Gasteiger partial charge in [0.25, 0.3) is 0 Å². The molecule has 0 spiro atoms. The van der Waals surface area contributed by atoms with Crippen LogP contribution in [0.4, 0.5) is 0 Å². The van der Waals surface area contributed by atoms with Gasteiger partial charge in [-0.1, -0.05) is 30.3 Å². The van der Waals surface area contributed by atoms with Crippen LogP contribution in [-0.2, 0) is 35.2 Å². The van der Waals surface area contributed by atoms with Gasteiger partial charge >= 0.3 is 11.9 Å². The number of carboxylic acid groups (broad SMARTS) is 2. The maximum Gasteiger partial charge on any atom is 0.326 e. The number of hydrogen-bond acceptors (Lipinski definition) is 7. The molecular weight excluding hydrogens is 450 g/mol. The summed E-state index contributed by atoms with van der Waals surface area (Å²) in [5, 5.41) is 25.1. The van der Waals surface area contributed by atoms with E-state index >= 15 is 0 Å². The van der Waals surface area contributed by atoms with E-state index in [0.717, 1.165) is 0 Å². The van der Waals surface area contributed by atoms with E-state index in [-0.39, 0.29) is 12.8 Å². The SMILES string of the molecule is CC(NC(=O)C(N)CC(N)=O)C(=O)NC(Cc1ccccc1)C(=O)NC(CCC(=O)O)C(=O)O. The number of carbonyl (C=O) groups is 6. The number of amides is 4. The van der Waals surface area contributed by atoms with Crippen molar-refractivity contribution < 1.29 is 39.0 Å². The fourth-order valence-corrected chi connectivity index (χ4v) is 2.85. The first kappa shape index (κ1) is 28.0. The van der Waals surface area contributed by atoms with Gasteiger partial charge in [0.15, 0.2) is 0 Å². The normalized spacial score (nSPS) is 14.1. The summed E-state index contributed by atoms with van der Waals surface area (Å²) in [5.41, 5.74) is 11.2. The Morgan fingerprint density at radius 2 is 1.47 bits per heavy atom. The molecule has 186 valence electrons. The molecule has 1 rings (SSSR count). The van der Waals surface area contributed by atoms with E-state index in [1.165, 1.54) is 6.92 Å². The summed E-state index contributed by atoms with van der Waals surface area (Å²) in [6, 6.07) is 3.42. The van der Waals surface area contributed by atoms with E-state index in [1.54, 1.807) is 30.3 Å². The molecule has 4 amide bonds. The quantitative estimate of drug-likeness (QED) is 0.154. The van der Waals surface area contributed by atoms with Gasteiger partial charge in [-0.3, -0.25) is 24.0 Å². The lowest BCUT2D eigenvalue weighted by atomic mass is 10.0. The Hall–Kier alpha value is -4.00. The lowest BCUT2D eigenvalue weighted by molar-refractivity contribution is -0.143. The molecule has 9 N–H and O–H groups in total. The van der Waals surface area contributed by atoms with E-state index in [2.05, 4.69) is 16.0 Å². The van der Waals surface area contributed by atoms with Gasteiger partial charge in [-0.05, 0) is 18.9 Å². The molecule has 0 fully saturated rings. The summed E-state index contributed by atoms with van der Waals surface area (Å²) < 4.78 is 0. The molecule has 0 heterocycles. The third-order valence-electron chi connectivity index (χ3n) is 4.69. The molecule has 4 atom stereocenters. The minimum atomic E-state index is -1.48. The van der Waals surface area contributed by atoms with Gasteiger partial charge in [0, 0.05) is 12.8 Å². The second kappa shape index (κ2) is 13.5. The third-order valence-corrected chi connectivity index (χ3v) is 4.69. The molecular formula is C21H29N5O8. The van der Waals surface area contributed by atoms with Crippen LogP contribution in [-0.4, -0.2) is 69.9 Å². The molecule has 4 unspecified atom stereocenters. The van der Waals surface area contributed by atoms with Crippen molar-refractivity contribution in [1.29, 1.82) is 0 Å². The summed E-state index contributed by atoms with van der Waals surface area (Å²) in [7, 11) is 0. The predicted molar refractivity (Wildman–Crippen MR) is 118 cm³/mol. The number of primary amides is 1. The van der Waals surface area contributed by atoms with Gasteiger partial charge < -0.3 is 37.6 Å². The molecule has 0 radical (unpaired) electrons. The average molecular weight is 479 g/mol. The lowest BCUT2D eigenvalue weighted by Gasteiger charge is -2.23. The van der Waals surface area contributed by atoms with Gasteiger partial charge in [0.05, 0.1) is 12.5 Å². The van der Waals surface area contributed by atoms with Crippen molar-refractivity contribution in [3.8, 4) is 0 Å². The van der Waals surface area contributed by atoms with Gasteiger partial charge in [-0.25, -0.2) is 4.79 Å². The Bertz CT molecular complexity index is 908. The Labute approximate surface area is 195 Å². The Kier molecular flexibility index (Phi) is 11.2. The minimum absolute atomic E-state index is 0.00839. The van der Waals surface area contributed by atoms with Crippen molar-refractivity contribution in [2.45, 2.75) is 56.8 Å². The van der Waals surface area contributed by atoms with Gasteiger partial charge in [0.2, 0.25) is 23.6 Å². The Morgan fingerprint density at radius 3 is 2.00 bits per heavy atom. The second-order valence-corrected chi connectivity index (χ2v) is 7.59. The maximum atomic E-state index is 12.8. The number of hydrogen-bond donors (Lipinski definition) is 7. The van der Waals surface area contributed by atoms with Crippen molar-refractivity contribution >= 4 is 35.6 Å². The molecule has 0 bridgehead atoms. The van der Waals surface area contributed by atoms with E-state index in [0.29, 0.717) is 5.56 Å². The van der Waals surface area contributed by atoms with Gasteiger partial charge in [0.1, 0.15) is 18.1 Å². The van der Waals surface area contributed by atoms with Crippen LogP contribution in [0.5, 0.6) is 0 Å². The standard InChI is InChI=1S/C21H29N5O8/c1-11(24-19(31)13(22)10-16(23)27)18(30)26-15(9-12-5-3-2-4-6-12)20(32)25-14(21(33)34)7-8-17(28)29/h2-6,11,13-15H,7-10,22H2,1H3,(H2,23,27)(H,24,31)(H,25,32)(H,26,30)(H,28,29)(H,33,34). The number of carbonyl (C=O) groups excluding carboxylic acids is 4. The lowest BCUT2D eigenvalue weighted by Crippen LogP contribution is -2.57. The summed E-state index contributed by atoms with van der Waals surface area (Å²) in [4.78, 5) is 70.6. The second-order valence-electron chi connectivity index (χ2n) is 7.59. The summed E-state index contributed by atoms with van der Waals surface area (Å²) >= 11 is 0. The maximum absolute atomic E-state index is 12.8. The number of nitrogens with two attached hydrogens (primary N) is 2. The van der Waals surface area contributed by atoms with E-state index < -0.39 is 72.6 Å². The number of carboxylic acids is 2. The van der Waals surface area contributed by atoms with E-state index in [9.17, 15) is 33.9 Å².